The van der Waals surface area contributed by atoms with E-state index >= 15 is 0 Å². The second-order valence-corrected chi connectivity index (χ2v) is 10.9. The Bertz CT molecular complexity index is 1140. The van der Waals surface area contributed by atoms with E-state index < -0.39 is 15.9 Å². The fourth-order valence-corrected chi connectivity index (χ4v) is 5.36. The monoisotopic (exact) mass is 487 g/mol. The van der Waals surface area contributed by atoms with Gasteiger partial charge in [-0.1, -0.05) is 35.4 Å². The highest BCUT2D eigenvalue weighted by Gasteiger charge is 2.22. The highest BCUT2D eigenvalue weighted by molar-refractivity contribution is 7.89. The topological polar surface area (TPSA) is 69.7 Å². The Morgan fingerprint density at radius 1 is 0.970 bits per heavy atom. The van der Waals surface area contributed by atoms with Gasteiger partial charge in [0.25, 0.3) is 5.91 Å². The number of sulfonamides is 1. The molecule has 1 aliphatic carbocycles. The number of benzene rings is 2. The molecule has 1 saturated heterocycles. The van der Waals surface area contributed by atoms with Crippen LogP contribution in [0.1, 0.15) is 41.6 Å². The number of anilines is 1. The predicted octanol–water partition coefficient (Wildman–Crippen LogP) is 4.18. The first-order chi connectivity index (χ1) is 15.8. The van der Waals surface area contributed by atoms with Crippen molar-refractivity contribution in [3.63, 3.8) is 0 Å². The van der Waals surface area contributed by atoms with Crippen molar-refractivity contribution < 1.29 is 13.2 Å². The lowest BCUT2D eigenvalue weighted by molar-refractivity contribution is 0.0981. The lowest BCUT2D eigenvalue weighted by Crippen LogP contribution is -2.47. The third-order valence-electron chi connectivity index (χ3n) is 6.34. The molecule has 0 radical (unpaired) electrons. The molecule has 1 amide bonds. The Hall–Kier alpha value is -2.35. The second kappa shape index (κ2) is 10.3. The standard InChI is InChI=1S/C25H30ClN3O3S/c1-33(31,32)27-25(30)19-10-12-21(13-11-19)29-16-14-28(15-17-29)18-20-6-2-3-7-22(20)23-8-4-5-9-24(23)26/h4-5,8-13H,2-3,6-7,14-18H2,1H3,(H,27,30). The molecule has 2 aliphatic rings. The van der Waals surface area contributed by atoms with E-state index in [0.717, 1.165) is 62.5 Å². The Morgan fingerprint density at radius 2 is 1.64 bits per heavy atom. The highest BCUT2D eigenvalue weighted by Crippen LogP contribution is 2.36. The van der Waals surface area contributed by atoms with Crippen LogP contribution in [0.15, 0.2) is 54.1 Å². The average molecular weight is 488 g/mol. The molecule has 176 valence electrons. The number of rotatable bonds is 6. The van der Waals surface area contributed by atoms with Gasteiger partial charge < -0.3 is 4.90 Å². The van der Waals surface area contributed by atoms with Crippen molar-refractivity contribution in [2.75, 3.05) is 43.9 Å². The molecule has 6 nitrogen and oxygen atoms in total. The van der Waals surface area contributed by atoms with Crippen molar-refractivity contribution in [1.29, 1.82) is 0 Å². The van der Waals surface area contributed by atoms with Crippen LogP contribution in [-0.2, 0) is 10.0 Å². The molecule has 0 spiro atoms. The lowest BCUT2D eigenvalue weighted by atomic mass is 9.87. The molecule has 1 heterocycles. The van der Waals surface area contributed by atoms with E-state index in [2.05, 4.69) is 21.9 Å². The zero-order valence-electron chi connectivity index (χ0n) is 18.9. The second-order valence-electron chi connectivity index (χ2n) is 8.78. The van der Waals surface area contributed by atoms with Gasteiger partial charge >= 0.3 is 0 Å². The molecule has 0 saturated carbocycles. The number of hydrogen-bond acceptors (Lipinski definition) is 5. The molecule has 33 heavy (non-hydrogen) atoms. The molecular formula is C25H30ClN3O3S. The van der Waals surface area contributed by atoms with Gasteiger partial charge in [0, 0.05) is 49.0 Å². The summed E-state index contributed by atoms with van der Waals surface area (Å²) in [6.07, 6.45) is 5.66. The van der Waals surface area contributed by atoms with E-state index in [4.69, 9.17) is 11.6 Å². The van der Waals surface area contributed by atoms with E-state index in [9.17, 15) is 13.2 Å². The number of carbonyl (C=O) groups is 1. The van der Waals surface area contributed by atoms with Crippen molar-refractivity contribution in [1.82, 2.24) is 9.62 Å². The summed E-state index contributed by atoms with van der Waals surface area (Å²) in [6, 6.07) is 15.3. The van der Waals surface area contributed by atoms with Crippen molar-refractivity contribution >= 4 is 38.8 Å². The van der Waals surface area contributed by atoms with Crippen LogP contribution in [0.2, 0.25) is 5.02 Å². The summed E-state index contributed by atoms with van der Waals surface area (Å²) in [6.45, 7) is 4.73. The SMILES string of the molecule is CS(=O)(=O)NC(=O)c1ccc(N2CCN(CC3=C(c4ccccc4Cl)CCCC3)CC2)cc1. The van der Waals surface area contributed by atoms with E-state index in [1.165, 1.54) is 29.6 Å². The molecule has 0 bridgehead atoms. The number of piperazine rings is 1. The number of hydrogen-bond donors (Lipinski definition) is 1. The summed E-state index contributed by atoms with van der Waals surface area (Å²) in [5.74, 6) is -0.607. The van der Waals surface area contributed by atoms with Crippen LogP contribution in [0.25, 0.3) is 5.57 Å². The normalized spacial score (nSPS) is 17.8. The third kappa shape index (κ3) is 6.16. The van der Waals surface area contributed by atoms with Crippen LogP contribution in [-0.4, -0.2) is 58.2 Å². The number of nitrogens with one attached hydrogen (secondary N) is 1. The minimum absolute atomic E-state index is 0.333. The summed E-state index contributed by atoms with van der Waals surface area (Å²) in [4.78, 5) is 16.8. The molecule has 1 aliphatic heterocycles. The zero-order chi connectivity index (χ0) is 23.4. The van der Waals surface area contributed by atoms with Gasteiger partial charge in [-0.15, -0.1) is 0 Å². The van der Waals surface area contributed by atoms with Crippen molar-refractivity contribution in [3.8, 4) is 0 Å². The van der Waals surface area contributed by atoms with E-state index in [1.54, 1.807) is 12.1 Å². The summed E-state index contributed by atoms with van der Waals surface area (Å²) in [5.41, 5.74) is 5.51. The van der Waals surface area contributed by atoms with Crippen LogP contribution >= 0.6 is 11.6 Å². The molecule has 1 N–H and O–H groups in total. The lowest BCUT2D eigenvalue weighted by Gasteiger charge is -2.37. The maximum absolute atomic E-state index is 12.0. The molecule has 2 aromatic carbocycles. The van der Waals surface area contributed by atoms with Gasteiger partial charge in [0.05, 0.1) is 6.26 Å². The van der Waals surface area contributed by atoms with Crippen LogP contribution in [0.5, 0.6) is 0 Å². The van der Waals surface area contributed by atoms with Crippen LogP contribution < -0.4 is 9.62 Å². The van der Waals surface area contributed by atoms with Gasteiger partial charge in [0.15, 0.2) is 0 Å². The predicted molar refractivity (Wildman–Crippen MR) is 134 cm³/mol. The number of amides is 1. The largest absolute Gasteiger partial charge is 0.369 e. The maximum Gasteiger partial charge on any atom is 0.264 e. The van der Waals surface area contributed by atoms with Crippen molar-refractivity contribution in [3.05, 3.63) is 70.3 Å². The Labute approximate surface area is 201 Å². The van der Waals surface area contributed by atoms with Gasteiger partial charge in [-0.3, -0.25) is 9.69 Å². The van der Waals surface area contributed by atoms with Gasteiger partial charge in [-0.05, 0) is 67.2 Å². The van der Waals surface area contributed by atoms with Gasteiger partial charge in [-0.25, -0.2) is 13.1 Å². The maximum atomic E-state index is 12.0. The first-order valence-corrected chi connectivity index (χ1v) is 13.6. The number of allylic oxidation sites excluding steroid dienone is 1. The fourth-order valence-electron chi connectivity index (χ4n) is 4.66. The summed E-state index contributed by atoms with van der Waals surface area (Å²) >= 11 is 6.51. The van der Waals surface area contributed by atoms with Gasteiger partial charge in [-0.2, -0.15) is 0 Å². The summed E-state index contributed by atoms with van der Waals surface area (Å²) in [5, 5.41) is 0.838. The smallest absolute Gasteiger partial charge is 0.264 e. The van der Waals surface area contributed by atoms with Crippen LogP contribution in [0.3, 0.4) is 0 Å². The minimum Gasteiger partial charge on any atom is -0.369 e. The highest BCUT2D eigenvalue weighted by atomic mass is 35.5. The number of carbonyl (C=O) groups excluding carboxylic acids is 1. The molecule has 0 aromatic heterocycles. The zero-order valence-corrected chi connectivity index (χ0v) is 20.5. The summed E-state index contributed by atoms with van der Waals surface area (Å²) < 4.78 is 24.5. The Balaban J connectivity index is 1.38. The first kappa shape index (κ1) is 23.8. The fraction of sp³-hybridized carbons (Fsp3) is 0.400. The average Bonchev–Trinajstić information content (AvgIpc) is 2.79. The molecule has 0 atom stereocenters. The van der Waals surface area contributed by atoms with Gasteiger partial charge in [0.2, 0.25) is 10.0 Å². The minimum atomic E-state index is -3.57. The van der Waals surface area contributed by atoms with E-state index in [-0.39, 0.29) is 0 Å². The molecule has 0 unspecified atom stereocenters. The molecule has 4 rings (SSSR count). The van der Waals surface area contributed by atoms with Crippen LogP contribution in [0, 0.1) is 0 Å². The quantitative estimate of drug-likeness (QED) is 0.662. The van der Waals surface area contributed by atoms with E-state index in [0.29, 0.717) is 5.56 Å². The van der Waals surface area contributed by atoms with Crippen LogP contribution in [0.4, 0.5) is 5.69 Å². The molecule has 8 heteroatoms. The third-order valence-corrected chi connectivity index (χ3v) is 7.23. The first-order valence-electron chi connectivity index (χ1n) is 11.4. The van der Waals surface area contributed by atoms with Gasteiger partial charge in [0.1, 0.15) is 0 Å². The molecule has 2 aromatic rings. The Morgan fingerprint density at radius 3 is 2.30 bits per heavy atom. The molecule has 1 fully saturated rings. The van der Waals surface area contributed by atoms with Crippen molar-refractivity contribution in [2.24, 2.45) is 0 Å². The Kier molecular flexibility index (Phi) is 7.41. The number of nitrogens with zero attached hydrogens (tertiary/aromatic N) is 2. The van der Waals surface area contributed by atoms with Crippen molar-refractivity contribution in [2.45, 2.75) is 25.7 Å². The van der Waals surface area contributed by atoms with E-state index in [1.807, 2.05) is 29.0 Å². The molecular weight excluding hydrogens is 458 g/mol. The number of halogens is 1. The summed E-state index contributed by atoms with van der Waals surface area (Å²) in [7, 11) is -3.57.